The molecule has 74 valence electrons. The Balaban J connectivity index is 2.23. The molecule has 2 rings (SSSR count). The van der Waals surface area contributed by atoms with E-state index in [0.717, 1.165) is 24.8 Å². The van der Waals surface area contributed by atoms with Gasteiger partial charge in [-0.15, -0.1) is 0 Å². The van der Waals surface area contributed by atoms with E-state index >= 15 is 0 Å². The van der Waals surface area contributed by atoms with E-state index < -0.39 is 0 Å². The Kier molecular flexibility index (Phi) is 2.48. The van der Waals surface area contributed by atoms with Crippen molar-refractivity contribution in [2.45, 2.75) is 25.7 Å². The van der Waals surface area contributed by atoms with Crippen LogP contribution in [0.5, 0.6) is 0 Å². The number of aromatic nitrogens is 2. The molecule has 1 heterocycles. The average molecular weight is 190 g/mol. The molecular formula is C11H14N2O. The molecular weight excluding hydrogens is 176 g/mol. The predicted molar refractivity (Wildman–Crippen MR) is 54.1 cm³/mol. The zero-order valence-corrected chi connectivity index (χ0v) is 8.36. The standard InChI is InChI=1S/C11H14N2O/c1-13-8-7-12-11(13)10(14)9-5-3-2-4-6-9/h5,7-8H,2-4,6H2,1H3. The summed E-state index contributed by atoms with van der Waals surface area (Å²) in [4.78, 5) is 16.0. The van der Waals surface area contributed by atoms with Gasteiger partial charge in [-0.05, 0) is 31.3 Å². The molecule has 1 aromatic rings. The lowest BCUT2D eigenvalue weighted by Gasteiger charge is -2.10. The van der Waals surface area contributed by atoms with Crippen molar-refractivity contribution in [1.29, 1.82) is 0 Å². The van der Waals surface area contributed by atoms with Crippen LogP contribution in [0.3, 0.4) is 0 Å². The number of Topliss-reactive ketones (excluding diaryl/α,β-unsaturated/α-hetero) is 1. The summed E-state index contributed by atoms with van der Waals surface area (Å²) in [7, 11) is 1.85. The number of imidazole rings is 1. The highest BCUT2D eigenvalue weighted by atomic mass is 16.1. The summed E-state index contributed by atoms with van der Waals surface area (Å²) in [5.74, 6) is 0.648. The van der Waals surface area contributed by atoms with E-state index in [2.05, 4.69) is 11.1 Å². The zero-order valence-electron chi connectivity index (χ0n) is 8.36. The Morgan fingerprint density at radius 3 is 2.93 bits per heavy atom. The van der Waals surface area contributed by atoms with Crippen LogP contribution in [-0.2, 0) is 7.05 Å². The Morgan fingerprint density at radius 1 is 1.50 bits per heavy atom. The van der Waals surface area contributed by atoms with Crippen molar-refractivity contribution >= 4 is 5.78 Å². The Hall–Kier alpha value is -1.38. The summed E-state index contributed by atoms with van der Waals surface area (Å²) in [6, 6.07) is 0. The Bertz CT molecular complexity index is 376. The molecule has 3 heteroatoms. The molecule has 0 saturated heterocycles. The maximum absolute atomic E-state index is 11.9. The van der Waals surface area contributed by atoms with Crippen LogP contribution < -0.4 is 0 Å². The van der Waals surface area contributed by atoms with Crippen LogP contribution in [0, 0.1) is 0 Å². The second-order valence-corrected chi connectivity index (χ2v) is 3.67. The maximum Gasteiger partial charge on any atom is 0.224 e. The molecule has 1 aliphatic carbocycles. The monoisotopic (exact) mass is 190 g/mol. The minimum atomic E-state index is 0.0946. The molecule has 0 bridgehead atoms. The summed E-state index contributed by atoms with van der Waals surface area (Å²) in [6.07, 6.45) is 9.80. The molecule has 3 nitrogen and oxygen atoms in total. The number of carbonyl (C=O) groups excluding carboxylic acids is 1. The smallest absolute Gasteiger partial charge is 0.224 e. The third-order valence-electron chi connectivity index (χ3n) is 2.61. The minimum absolute atomic E-state index is 0.0946. The predicted octanol–water partition coefficient (Wildman–Crippen LogP) is 2.10. The van der Waals surface area contributed by atoms with Crippen LogP contribution in [0.1, 0.15) is 36.3 Å². The molecule has 0 aliphatic heterocycles. The summed E-state index contributed by atoms with van der Waals surface area (Å²) < 4.78 is 1.78. The van der Waals surface area contributed by atoms with Crippen LogP contribution in [0.15, 0.2) is 24.0 Å². The van der Waals surface area contributed by atoms with Gasteiger partial charge in [0.15, 0.2) is 5.82 Å². The number of aryl methyl sites for hydroxylation is 1. The first-order valence-corrected chi connectivity index (χ1v) is 5.00. The van der Waals surface area contributed by atoms with E-state index in [0.29, 0.717) is 5.82 Å². The minimum Gasteiger partial charge on any atom is -0.331 e. The Morgan fingerprint density at radius 2 is 2.36 bits per heavy atom. The second-order valence-electron chi connectivity index (χ2n) is 3.67. The van der Waals surface area contributed by atoms with Gasteiger partial charge in [0.1, 0.15) is 0 Å². The lowest BCUT2D eigenvalue weighted by atomic mass is 9.96. The lowest BCUT2D eigenvalue weighted by molar-refractivity contribution is 0.101. The lowest BCUT2D eigenvalue weighted by Crippen LogP contribution is -2.11. The van der Waals surface area contributed by atoms with E-state index in [4.69, 9.17) is 0 Å². The van der Waals surface area contributed by atoms with E-state index in [1.807, 2.05) is 7.05 Å². The highest BCUT2D eigenvalue weighted by Gasteiger charge is 2.17. The van der Waals surface area contributed by atoms with Gasteiger partial charge in [-0.25, -0.2) is 4.98 Å². The summed E-state index contributed by atoms with van der Waals surface area (Å²) in [5, 5.41) is 0. The van der Waals surface area contributed by atoms with Gasteiger partial charge in [-0.3, -0.25) is 4.79 Å². The third kappa shape index (κ3) is 1.62. The van der Waals surface area contributed by atoms with Crippen molar-refractivity contribution in [2.75, 3.05) is 0 Å². The fourth-order valence-electron chi connectivity index (χ4n) is 1.77. The molecule has 0 atom stereocenters. The maximum atomic E-state index is 11.9. The molecule has 14 heavy (non-hydrogen) atoms. The van der Waals surface area contributed by atoms with E-state index in [-0.39, 0.29) is 5.78 Å². The third-order valence-corrected chi connectivity index (χ3v) is 2.61. The molecule has 0 amide bonds. The van der Waals surface area contributed by atoms with Gasteiger partial charge in [0.25, 0.3) is 0 Å². The summed E-state index contributed by atoms with van der Waals surface area (Å²) in [5.41, 5.74) is 0.936. The molecule has 0 N–H and O–H groups in total. The summed E-state index contributed by atoms with van der Waals surface area (Å²) in [6.45, 7) is 0. The fraction of sp³-hybridized carbons (Fsp3) is 0.455. The van der Waals surface area contributed by atoms with Crippen LogP contribution in [0.25, 0.3) is 0 Å². The van der Waals surface area contributed by atoms with Gasteiger partial charge in [0, 0.05) is 19.4 Å². The molecule has 0 fully saturated rings. The van der Waals surface area contributed by atoms with Gasteiger partial charge in [0.2, 0.25) is 5.78 Å². The van der Waals surface area contributed by atoms with Crippen LogP contribution in [0.4, 0.5) is 0 Å². The first kappa shape index (κ1) is 9.19. The van der Waals surface area contributed by atoms with Crippen molar-refractivity contribution in [3.63, 3.8) is 0 Å². The van der Waals surface area contributed by atoms with Gasteiger partial charge in [0.05, 0.1) is 0 Å². The largest absolute Gasteiger partial charge is 0.331 e. The molecule has 0 spiro atoms. The van der Waals surface area contributed by atoms with Gasteiger partial charge in [-0.1, -0.05) is 6.08 Å². The topological polar surface area (TPSA) is 34.9 Å². The first-order chi connectivity index (χ1) is 6.79. The Labute approximate surface area is 83.5 Å². The van der Waals surface area contributed by atoms with Crippen molar-refractivity contribution in [2.24, 2.45) is 7.05 Å². The average Bonchev–Trinajstić information content (AvgIpc) is 2.65. The molecule has 0 saturated carbocycles. The molecule has 0 unspecified atom stereocenters. The molecule has 0 radical (unpaired) electrons. The van der Waals surface area contributed by atoms with Crippen LogP contribution >= 0.6 is 0 Å². The number of ketones is 1. The number of rotatable bonds is 2. The van der Waals surface area contributed by atoms with E-state index in [9.17, 15) is 4.79 Å². The van der Waals surface area contributed by atoms with Crippen molar-refractivity contribution in [1.82, 2.24) is 9.55 Å². The van der Waals surface area contributed by atoms with Gasteiger partial charge in [-0.2, -0.15) is 0 Å². The van der Waals surface area contributed by atoms with Gasteiger partial charge < -0.3 is 4.57 Å². The second kappa shape index (κ2) is 3.78. The zero-order chi connectivity index (χ0) is 9.97. The SMILES string of the molecule is Cn1ccnc1C(=O)C1=CCCCC1. The van der Waals surface area contributed by atoms with Crippen molar-refractivity contribution in [3.8, 4) is 0 Å². The molecule has 0 aromatic carbocycles. The quantitative estimate of drug-likeness (QED) is 0.669. The van der Waals surface area contributed by atoms with Crippen LogP contribution in [0.2, 0.25) is 0 Å². The van der Waals surface area contributed by atoms with E-state index in [1.54, 1.807) is 17.0 Å². The normalized spacial score (nSPS) is 16.5. The highest BCUT2D eigenvalue weighted by molar-refractivity contribution is 6.06. The number of hydrogen-bond donors (Lipinski definition) is 0. The van der Waals surface area contributed by atoms with E-state index in [1.165, 1.54) is 6.42 Å². The number of allylic oxidation sites excluding steroid dienone is 2. The first-order valence-electron chi connectivity index (χ1n) is 5.00. The van der Waals surface area contributed by atoms with Crippen molar-refractivity contribution in [3.05, 3.63) is 29.9 Å². The fourth-order valence-corrected chi connectivity index (χ4v) is 1.77. The molecule has 1 aliphatic rings. The number of carbonyl (C=O) groups is 1. The molecule has 1 aromatic heterocycles. The van der Waals surface area contributed by atoms with Gasteiger partial charge >= 0.3 is 0 Å². The highest BCUT2D eigenvalue weighted by Crippen LogP contribution is 2.20. The number of hydrogen-bond acceptors (Lipinski definition) is 2. The van der Waals surface area contributed by atoms with Crippen molar-refractivity contribution < 1.29 is 4.79 Å². The summed E-state index contributed by atoms with van der Waals surface area (Å²) >= 11 is 0. The van der Waals surface area contributed by atoms with Crippen LogP contribution in [-0.4, -0.2) is 15.3 Å². The number of nitrogens with zero attached hydrogens (tertiary/aromatic N) is 2.